The van der Waals surface area contributed by atoms with Crippen molar-refractivity contribution in [2.45, 2.75) is 39.2 Å². The molecule has 1 N–H and O–H groups in total. The van der Waals surface area contributed by atoms with E-state index in [1.165, 1.54) is 6.07 Å². The average molecular weight is 515 g/mol. The summed E-state index contributed by atoms with van der Waals surface area (Å²) in [5.41, 5.74) is 5.87. The average Bonchev–Trinajstić information content (AvgIpc) is 3.65. The highest BCUT2D eigenvalue weighted by atomic mass is 35.5. The van der Waals surface area contributed by atoms with E-state index in [1.807, 2.05) is 38.1 Å². The third-order valence-electron chi connectivity index (χ3n) is 6.65. The number of carboxylic acids is 1. The van der Waals surface area contributed by atoms with E-state index in [0.717, 1.165) is 46.4 Å². The fourth-order valence-corrected chi connectivity index (χ4v) is 4.88. The molecule has 1 aliphatic heterocycles. The lowest BCUT2D eigenvalue weighted by atomic mass is 10.0. The van der Waals surface area contributed by atoms with Gasteiger partial charge in [0.15, 0.2) is 5.75 Å². The quantitative estimate of drug-likeness (QED) is 0.284. The second-order valence-electron chi connectivity index (χ2n) is 9.35. The second kappa shape index (κ2) is 9.09. The molecule has 8 heteroatoms. The Balaban J connectivity index is 1.31. The van der Waals surface area contributed by atoms with E-state index in [2.05, 4.69) is 5.16 Å². The maximum atomic E-state index is 11.4. The van der Waals surface area contributed by atoms with Crippen LogP contribution in [-0.4, -0.2) is 21.2 Å². The van der Waals surface area contributed by atoms with Gasteiger partial charge in [0.2, 0.25) is 5.88 Å². The normalized spacial score (nSPS) is 14.2. The lowest BCUT2D eigenvalue weighted by Crippen LogP contribution is -2.03. The van der Waals surface area contributed by atoms with Crippen LogP contribution in [0.2, 0.25) is 5.02 Å². The minimum atomic E-state index is -1.01. The molecule has 0 bridgehead atoms. The van der Waals surface area contributed by atoms with Crippen molar-refractivity contribution in [3.8, 4) is 28.6 Å². The number of benzene rings is 2. The van der Waals surface area contributed by atoms with E-state index in [1.54, 1.807) is 24.3 Å². The van der Waals surface area contributed by atoms with Gasteiger partial charge in [-0.3, -0.25) is 0 Å². The third-order valence-corrected chi connectivity index (χ3v) is 6.96. The lowest BCUT2D eigenvalue weighted by Gasteiger charge is -2.12. The van der Waals surface area contributed by atoms with Gasteiger partial charge in [0, 0.05) is 23.1 Å². The van der Waals surface area contributed by atoms with Gasteiger partial charge in [0.1, 0.15) is 29.5 Å². The summed E-state index contributed by atoms with van der Waals surface area (Å²) >= 11 is 6.55. The second-order valence-corrected chi connectivity index (χ2v) is 9.76. The number of pyridine rings is 1. The number of aromatic carboxylic acids is 1. The first-order chi connectivity index (χ1) is 17.9. The fraction of sp³-hybridized carbons (Fsp3) is 0.207. The first kappa shape index (κ1) is 23.3. The number of fused-ring (bicyclic) bond motifs is 2. The Morgan fingerprint density at radius 3 is 2.70 bits per heavy atom. The molecule has 4 aromatic rings. The van der Waals surface area contributed by atoms with Gasteiger partial charge in [0.05, 0.1) is 16.1 Å². The summed E-state index contributed by atoms with van der Waals surface area (Å²) in [5.74, 6) is 1.59. The molecule has 0 saturated heterocycles. The molecule has 0 spiro atoms. The number of hydrogen-bond acceptors (Lipinski definition) is 6. The standard InChI is InChI=1S/C29H23ClN2O5/c1-15-4-3-5-21(30)25(15)27-20(28(37-32-27)17-6-7-17)14-35-24-11-10-22-26(31-24)16(2)12-18-8-9-19(29(33)34)13-23(18)36-22/h3-5,8-13,17H,6-7,14H2,1-2H3,(H,33,34). The van der Waals surface area contributed by atoms with E-state index in [-0.39, 0.29) is 12.2 Å². The Bertz CT molecular complexity index is 1570. The SMILES string of the molecule is CC1=Cc2ccc(C(=O)O)cc2Oc2ccc(OCc3c(-c4c(C)cccc4Cl)noc3C3CC3)nc21. The number of nitrogens with zero attached hydrogens (tertiary/aromatic N) is 2. The Hall–Kier alpha value is -4.10. The van der Waals surface area contributed by atoms with Crippen LogP contribution < -0.4 is 9.47 Å². The van der Waals surface area contributed by atoms with Gasteiger partial charge in [0.25, 0.3) is 0 Å². The van der Waals surface area contributed by atoms with Crippen molar-refractivity contribution in [1.29, 1.82) is 0 Å². The summed E-state index contributed by atoms with van der Waals surface area (Å²) in [5, 5.41) is 14.3. The number of ether oxygens (including phenoxy) is 2. The zero-order chi connectivity index (χ0) is 25.7. The van der Waals surface area contributed by atoms with Crippen LogP contribution >= 0.6 is 11.6 Å². The summed E-state index contributed by atoms with van der Waals surface area (Å²) in [4.78, 5) is 16.1. The van der Waals surface area contributed by atoms with Crippen LogP contribution in [0.4, 0.5) is 0 Å². The van der Waals surface area contributed by atoms with E-state index < -0.39 is 5.97 Å². The molecule has 1 aliphatic carbocycles. The smallest absolute Gasteiger partial charge is 0.335 e. The highest BCUT2D eigenvalue weighted by molar-refractivity contribution is 6.33. The zero-order valence-corrected chi connectivity index (χ0v) is 21.0. The molecule has 186 valence electrons. The zero-order valence-electron chi connectivity index (χ0n) is 20.2. The van der Waals surface area contributed by atoms with Crippen molar-refractivity contribution in [3.63, 3.8) is 0 Å². The monoisotopic (exact) mass is 514 g/mol. The van der Waals surface area contributed by atoms with Gasteiger partial charge in [-0.05, 0) is 68.2 Å². The Labute approximate surface area is 218 Å². The molecule has 1 saturated carbocycles. The summed E-state index contributed by atoms with van der Waals surface area (Å²) in [6, 6.07) is 14.1. The van der Waals surface area contributed by atoms with Crippen LogP contribution in [-0.2, 0) is 6.61 Å². The van der Waals surface area contributed by atoms with Gasteiger partial charge in [-0.25, -0.2) is 9.78 Å². The maximum Gasteiger partial charge on any atom is 0.335 e. The molecule has 0 radical (unpaired) electrons. The van der Waals surface area contributed by atoms with Crippen molar-refractivity contribution in [3.05, 3.63) is 87.3 Å². The van der Waals surface area contributed by atoms with E-state index in [9.17, 15) is 9.90 Å². The van der Waals surface area contributed by atoms with Crippen LogP contribution in [0.1, 0.15) is 64.2 Å². The number of carboxylic acid groups (broad SMARTS) is 1. The predicted molar refractivity (Wildman–Crippen MR) is 139 cm³/mol. The number of aromatic nitrogens is 2. The largest absolute Gasteiger partial charge is 0.478 e. The molecule has 0 unspecified atom stereocenters. The molecule has 1 fully saturated rings. The maximum absolute atomic E-state index is 11.4. The number of aryl methyl sites for hydroxylation is 1. The lowest BCUT2D eigenvalue weighted by molar-refractivity contribution is 0.0696. The molecule has 7 nitrogen and oxygen atoms in total. The molecule has 3 heterocycles. The molecule has 2 aromatic heterocycles. The first-order valence-corrected chi connectivity index (χ1v) is 12.4. The van der Waals surface area contributed by atoms with Crippen molar-refractivity contribution >= 4 is 29.2 Å². The summed E-state index contributed by atoms with van der Waals surface area (Å²) < 4.78 is 18.0. The third kappa shape index (κ3) is 4.36. The van der Waals surface area contributed by atoms with Gasteiger partial charge < -0.3 is 19.1 Å². The van der Waals surface area contributed by atoms with Crippen molar-refractivity contribution in [2.24, 2.45) is 0 Å². The molecule has 2 aliphatic rings. The topological polar surface area (TPSA) is 94.7 Å². The Morgan fingerprint density at radius 2 is 1.95 bits per heavy atom. The van der Waals surface area contributed by atoms with Crippen molar-refractivity contribution < 1.29 is 23.9 Å². The molecule has 0 atom stereocenters. The Kier molecular flexibility index (Phi) is 5.72. The summed E-state index contributed by atoms with van der Waals surface area (Å²) in [7, 11) is 0. The fourth-order valence-electron chi connectivity index (χ4n) is 4.57. The van der Waals surface area contributed by atoms with Crippen LogP contribution in [0.25, 0.3) is 22.9 Å². The Morgan fingerprint density at radius 1 is 1.11 bits per heavy atom. The molecule has 2 aromatic carbocycles. The van der Waals surface area contributed by atoms with Crippen molar-refractivity contribution in [2.75, 3.05) is 0 Å². The molecular formula is C29H23ClN2O5. The van der Waals surface area contributed by atoms with Crippen LogP contribution in [0, 0.1) is 6.92 Å². The summed E-state index contributed by atoms with van der Waals surface area (Å²) in [6.45, 7) is 4.16. The number of hydrogen-bond donors (Lipinski definition) is 1. The highest BCUT2D eigenvalue weighted by Gasteiger charge is 2.33. The minimum absolute atomic E-state index is 0.158. The highest BCUT2D eigenvalue weighted by Crippen LogP contribution is 2.45. The van der Waals surface area contributed by atoms with Gasteiger partial charge in [-0.2, -0.15) is 0 Å². The van der Waals surface area contributed by atoms with Gasteiger partial charge in [-0.15, -0.1) is 0 Å². The first-order valence-electron chi connectivity index (χ1n) is 12.0. The van der Waals surface area contributed by atoms with Crippen LogP contribution in [0.5, 0.6) is 17.4 Å². The van der Waals surface area contributed by atoms with Crippen LogP contribution in [0.3, 0.4) is 0 Å². The number of carbonyl (C=O) groups is 1. The molecule has 6 rings (SSSR count). The van der Waals surface area contributed by atoms with Crippen LogP contribution in [0.15, 0.2) is 53.1 Å². The number of halogens is 1. The summed E-state index contributed by atoms with van der Waals surface area (Å²) in [6.07, 6.45) is 4.05. The number of allylic oxidation sites excluding steroid dienone is 1. The van der Waals surface area contributed by atoms with Gasteiger partial charge >= 0.3 is 5.97 Å². The minimum Gasteiger partial charge on any atom is -0.478 e. The van der Waals surface area contributed by atoms with Crippen molar-refractivity contribution in [1.82, 2.24) is 10.1 Å². The molecule has 0 amide bonds. The molecular weight excluding hydrogens is 492 g/mol. The van der Waals surface area contributed by atoms with E-state index >= 15 is 0 Å². The van der Waals surface area contributed by atoms with E-state index in [4.69, 9.17) is 30.6 Å². The number of rotatable bonds is 6. The molecule has 37 heavy (non-hydrogen) atoms. The van der Waals surface area contributed by atoms with E-state index in [0.29, 0.717) is 39.7 Å². The van der Waals surface area contributed by atoms with Gasteiger partial charge in [-0.1, -0.05) is 35.0 Å². The predicted octanol–water partition coefficient (Wildman–Crippen LogP) is 7.52.